The highest BCUT2D eigenvalue weighted by Crippen LogP contribution is 2.21. The first-order valence-electron chi connectivity index (χ1n) is 5.26. The molecule has 1 saturated heterocycles. The Bertz CT molecular complexity index is 242. The summed E-state index contributed by atoms with van der Waals surface area (Å²) in [5.74, 6) is 4.32. The molecule has 14 heavy (non-hydrogen) atoms. The molecule has 0 unspecified atom stereocenters. The molecule has 0 amide bonds. The summed E-state index contributed by atoms with van der Waals surface area (Å²) < 4.78 is 5.29. The van der Waals surface area contributed by atoms with Gasteiger partial charge in [-0.05, 0) is 49.7 Å². The third-order valence-electron chi connectivity index (χ3n) is 2.64. The van der Waals surface area contributed by atoms with E-state index in [4.69, 9.17) is 4.42 Å². The Balaban J connectivity index is 1.62. The van der Waals surface area contributed by atoms with E-state index in [2.05, 4.69) is 11.4 Å². The molecule has 0 spiro atoms. The molecule has 1 N–H and O–H groups in total. The van der Waals surface area contributed by atoms with Crippen LogP contribution in [0.1, 0.15) is 18.6 Å². The number of hydrogen-bond acceptors (Lipinski definition) is 3. The second-order valence-electron chi connectivity index (χ2n) is 3.79. The summed E-state index contributed by atoms with van der Waals surface area (Å²) >= 11 is 2.00. The SMILES string of the molecule is c1coc(CSCC2CCNCC2)c1. The first kappa shape index (κ1) is 10.1. The van der Waals surface area contributed by atoms with Gasteiger partial charge in [-0.15, -0.1) is 0 Å². The Morgan fingerprint density at radius 3 is 3.00 bits per heavy atom. The molecule has 2 nitrogen and oxygen atoms in total. The third-order valence-corrected chi connectivity index (χ3v) is 3.83. The second-order valence-corrected chi connectivity index (χ2v) is 4.82. The van der Waals surface area contributed by atoms with E-state index in [9.17, 15) is 0 Å². The first-order valence-corrected chi connectivity index (χ1v) is 6.41. The van der Waals surface area contributed by atoms with Gasteiger partial charge in [0.1, 0.15) is 5.76 Å². The minimum Gasteiger partial charge on any atom is -0.468 e. The number of rotatable bonds is 4. The molecular weight excluding hydrogens is 194 g/mol. The molecule has 0 saturated carbocycles. The summed E-state index contributed by atoms with van der Waals surface area (Å²) in [6, 6.07) is 4.01. The lowest BCUT2D eigenvalue weighted by Crippen LogP contribution is -2.28. The molecular formula is C11H17NOS. The van der Waals surface area contributed by atoms with Crippen LogP contribution >= 0.6 is 11.8 Å². The molecule has 2 heterocycles. The Morgan fingerprint density at radius 2 is 2.29 bits per heavy atom. The highest BCUT2D eigenvalue weighted by atomic mass is 32.2. The van der Waals surface area contributed by atoms with E-state index in [1.165, 1.54) is 31.7 Å². The summed E-state index contributed by atoms with van der Waals surface area (Å²) in [6.07, 6.45) is 4.43. The minimum atomic E-state index is 0.913. The maximum Gasteiger partial charge on any atom is 0.113 e. The fraction of sp³-hybridized carbons (Fsp3) is 0.636. The number of furan rings is 1. The number of piperidine rings is 1. The molecule has 0 radical (unpaired) electrons. The Labute approximate surface area is 89.4 Å². The molecule has 1 aliphatic heterocycles. The smallest absolute Gasteiger partial charge is 0.113 e. The zero-order valence-corrected chi connectivity index (χ0v) is 9.19. The van der Waals surface area contributed by atoms with Crippen LogP contribution in [-0.4, -0.2) is 18.8 Å². The lowest BCUT2D eigenvalue weighted by Gasteiger charge is -2.21. The lowest BCUT2D eigenvalue weighted by atomic mass is 10.0. The molecule has 1 aromatic rings. The topological polar surface area (TPSA) is 25.2 Å². The lowest BCUT2D eigenvalue weighted by molar-refractivity contribution is 0.407. The van der Waals surface area contributed by atoms with Gasteiger partial charge < -0.3 is 9.73 Å². The van der Waals surface area contributed by atoms with Gasteiger partial charge in [-0.3, -0.25) is 0 Å². The Morgan fingerprint density at radius 1 is 1.43 bits per heavy atom. The summed E-state index contributed by atoms with van der Waals surface area (Å²) in [4.78, 5) is 0. The highest BCUT2D eigenvalue weighted by Gasteiger charge is 2.12. The average Bonchev–Trinajstić information content (AvgIpc) is 2.72. The van der Waals surface area contributed by atoms with E-state index in [0.717, 1.165) is 17.4 Å². The van der Waals surface area contributed by atoms with Crippen molar-refractivity contribution in [2.45, 2.75) is 18.6 Å². The molecule has 0 bridgehead atoms. The van der Waals surface area contributed by atoms with Crippen molar-refractivity contribution in [2.75, 3.05) is 18.8 Å². The monoisotopic (exact) mass is 211 g/mol. The van der Waals surface area contributed by atoms with E-state index < -0.39 is 0 Å². The standard InChI is InChI=1S/C11H17NOS/c1-2-11(13-7-1)9-14-8-10-3-5-12-6-4-10/h1-2,7,10,12H,3-6,8-9H2. The van der Waals surface area contributed by atoms with Crippen molar-refractivity contribution in [1.82, 2.24) is 5.32 Å². The van der Waals surface area contributed by atoms with Gasteiger partial charge in [-0.25, -0.2) is 0 Å². The van der Waals surface area contributed by atoms with Crippen LogP contribution in [0.3, 0.4) is 0 Å². The fourth-order valence-electron chi connectivity index (χ4n) is 1.77. The normalized spacial score (nSPS) is 18.6. The maximum absolute atomic E-state index is 5.29. The van der Waals surface area contributed by atoms with Gasteiger partial charge in [-0.1, -0.05) is 0 Å². The van der Waals surface area contributed by atoms with E-state index in [-0.39, 0.29) is 0 Å². The van der Waals surface area contributed by atoms with Crippen LogP contribution < -0.4 is 5.32 Å². The van der Waals surface area contributed by atoms with Gasteiger partial charge in [0, 0.05) is 0 Å². The van der Waals surface area contributed by atoms with Crippen LogP contribution in [0.2, 0.25) is 0 Å². The molecule has 0 aromatic carbocycles. The third kappa shape index (κ3) is 3.07. The zero-order valence-electron chi connectivity index (χ0n) is 8.37. The van der Waals surface area contributed by atoms with E-state index in [1.807, 2.05) is 17.8 Å². The van der Waals surface area contributed by atoms with Crippen molar-refractivity contribution >= 4 is 11.8 Å². The number of hydrogen-bond donors (Lipinski definition) is 1. The molecule has 1 fully saturated rings. The van der Waals surface area contributed by atoms with Gasteiger partial charge in [0.05, 0.1) is 12.0 Å². The van der Waals surface area contributed by atoms with Crippen molar-refractivity contribution in [1.29, 1.82) is 0 Å². The van der Waals surface area contributed by atoms with Gasteiger partial charge in [0.15, 0.2) is 0 Å². The summed E-state index contributed by atoms with van der Waals surface area (Å²) in [5, 5.41) is 3.39. The van der Waals surface area contributed by atoms with Crippen LogP contribution in [0.5, 0.6) is 0 Å². The van der Waals surface area contributed by atoms with E-state index >= 15 is 0 Å². The zero-order chi connectivity index (χ0) is 9.64. The second kappa shape index (κ2) is 5.47. The summed E-state index contributed by atoms with van der Waals surface area (Å²) in [5.41, 5.74) is 0. The fourth-order valence-corrected chi connectivity index (χ4v) is 2.92. The average molecular weight is 211 g/mol. The van der Waals surface area contributed by atoms with Crippen LogP contribution in [0.4, 0.5) is 0 Å². The Kier molecular flexibility index (Phi) is 3.95. The summed E-state index contributed by atoms with van der Waals surface area (Å²) in [6.45, 7) is 2.40. The highest BCUT2D eigenvalue weighted by molar-refractivity contribution is 7.98. The summed E-state index contributed by atoms with van der Waals surface area (Å²) in [7, 11) is 0. The van der Waals surface area contributed by atoms with Gasteiger partial charge in [0.2, 0.25) is 0 Å². The van der Waals surface area contributed by atoms with Crippen molar-refractivity contribution in [3.63, 3.8) is 0 Å². The molecule has 1 aromatic heterocycles. The molecule has 3 heteroatoms. The van der Waals surface area contributed by atoms with Gasteiger partial charge in [0.25, 0.3) is 0 Å². The maximum atomic E-state index is 5.29. The molecule has 1 aliphatic rings. The molecule has 2 rings (SSSR count). The molecule has 0 atom stereocenters. The predicted molar refractivity (Wildman–Crippen MR) is 60.5 cm³/mol. The van der Waals surface area contributed by atoms with Crippen LogP contribution in [-0.2, 0) is 5.75 Å². The van der Waals surface area contributed by atoms with E-state index in [0.29, 0.717) is 0 Å². The van der Waals surface area contributed by atoms with E-state index in [1.54, 1.807) is 6.26 Å². The van der Waals surface area contributed by atoms with Crippen molar-refractivity contribution in [3.05, 3.63) is 24.2 Å². The first-order chi connectivity index (χ1) is 6.95. The minimum absolute atomic E-state index is 0.913. The van der Waals surface area contributed by atoms with Crippen LogP contribution in [0.15, 0.2) is 22.8 Å². The van der Waals surface area contributed by atoms with Crippen LogP contribution in [0, 0.1) is 5.92 Å². The number of nitrogens with one attached hydrogen (secondary N) is 1. The van der Waals surface area contributed by atoms with Crippen molar-refractivity contribution < 1.29 is 4.42 Å². The Hall–Kier alpha value is -0.410. The van der Waals surface area contributed by atoms with Gasteiger partial charge >= 0.3 is 0 Å². The van der Waals surface area contributed by atoms with Crippen molar-refractivity contribution in [3.8, 4) is 0 Å². The molecule has 0 aliphatic carbocycles. The molecule has 78 valence electrons. The van der Waals surface area contributed by atoms with Crippen LogP contribution in [0.25, 0.3) is 0 Å². The van der Waals surface area contributed by atoms with Gasteiger partial charge in [-0.2, -0.15) is 11.8 Å². The largest absolute Gasteiger partial charge is 0.468 e. The predicted octanol–water partition coefficient (Wildman–Crippen LogP) is 2.51. The van der Waals surface area contributed by atoms with Crippen molar-refractivity contribution in [2.24, 2.45) is 5.92 Å². The number of thioether (sulfide) groups is 1. The quantitative estimate of drug-likeness (QED) is 0.828.